The first-order valence-corrected chi connectivity index (χ1v) is 8.22. The quantitative estimate of drug-likeness (QED) is 0.374. The highest BCUT2D eigenvalue weighted by molar-refractivity contribution is 6.09. The summed E-state index contributed by atoms with van der Waals surface area (Å²) in [6, 6.07) is 5.97. The normalized spacial score (nSPS) is 11.8. The van der Waals surface area contributed by atoms with E-state index in [0.717, 1.165) is 0 Å². The molecule has 2 aromatic carbocycles. The molecule has 0 radical (unpaired) electrons. The third-order valence-corrected chi connectivity index (χ3v) is 4.33. The molecule has 0 fully saturated rings. The molecule has 0 unspecified atom stereocenters. The number of aromatic nitrogens is 2. The van der Waals surface area contributed by atoms with E-state index in [9.17, 15) is 40.3 Å². The molecule has 0 aliphatic heterocycles. The molecule has 11 heteroatoms. The van der Waals surface area contributed by atoms with Crippen LogP contribution in [0.4, 0.5) is 30.7 Å². The Morgan fingerprint density at radius 3 is 2.03 bits per heavy atom. The van der Waals surface area contributed by atoms with Gasteiger partial charge in [-0.3, -0.25) is 14.7 Å². The zero-order valence-electron chi connectivity index (χ0n) is 15.2. The highest BCUT2D eigenvalue weighted by Crippen LogP contribution is 2.37. The van der Waals surface area contributed by atoms with Crippen molar-refractivity contribution < 1.29 is 35.5 Å². The number of benzene rings is 2. The van der Waals surface area contributed by atoms with Gasteiger partial charge in [0.15, 0.2) is 29.1 Å². The lowest BCUT2D eigenvalue weighted by Crippen LogP contribution is -2.25. The summed E-state index contributed by atoms with van der Waals surface area (Å²) >= 11 is 0. The number of carbonyl (C=O) groups is 1. The third kappa shape index (κ3) is 3.29. The summed E-state index contributed by atoms with van der Waals surface area (Å²) in [4.78, 5) is 25.3. The van der Waals surface area contributed by atoms with Crippen LogP contribution in [0.3, 0.4) is 0 Å². The van der Waals surface area contributed by atoms with Gasteiger partial charge in [-0.05, 0) is 19.9 Å². The summed E-state index contributed by atoms with van der Waals surface area (Å²) < 4.78 is 94.5. The maximum Gasteiger partial charge on any atom is 0.422 e. The number of ketones is 1. The highest BCUT2D eigenvalue weighted by atomic mass is 19.4. The molecule has 3 rings (SSSR count). The van der Waals surface area contributed by atoms with Gasteiger partial charge >= 0.3 is 6.18 Å². The van der Waals surface area contributed by atoms with Gasteiger partial charge in [0.2, 0.25) is 0 Å². The summed E-state index contributed by atoms with van der Waals surface area (Å²) in [6.07, 6.45) is -5.72. The Balaban J connectivity index is 2.26. The fraction of sp³-hybridized carbons (Fsp3) is 0.158. The number of aryl methyl sites for hydroxylation is 2. The van der Waals surface area contributed by atoms with Crippen LogP contribution < -0.4 is 5.56 Å². The first kappa shape index (κ1) is 21.3. The molecule has 0 amide bonds. The molecule has 0 aliphatic carbocycles. The van der Waals surface area contributed by atoms with Gasteiger partial charge in [0, 0.05) is 11.3 Å². The van der Waals surface area contributed by atoms with E-state index >= 15 is 0 Å². The predicted octanol–water partition coefficient (Wildman–Crippen LogP) is 4.59. The van der Waals surface area contributed by atoms with Crippen LogP contribution in [0.15, 0.2) is 29.1 Å². The lowest BCUT2D eigenvalue weighted by molar-refractivity contribution is -0.143. The Kier molecular flexibility index (Phi) is 5.09. The Morgan fingerprint density at radius 2 is 1.53 bits per heavy atom. The van der Waals surface area contributed by atoms with Gasteiger partial charge in [-0.1, -0.05) is 23.8 Å². The monoisotopic (exact) mass is 432 g/mol. The molecule has 0 aliphatic rings. The van der Waals surface area contributed by atoms with Crippen molar-refractivity contribution in [2.75, 3.05) is 0 Å². The Hall–Kier alpha value is -3.37. The van der Waals surface area contributed by atoms with E-state index in [-0.39, 0.29) is 15.9 Å². The van der Waals surface area contributed by atoms with Crippen molar-refractivity contribution in [2.45, 2.75) is 20.0 Å². The van der Waals surface area contributed by atoms with Crippen molar-refractivity contribution in [3.8, 4) is 5.69 Å². The number of nitrogens with zero attached hydrogens (tertiary/aromatic N) is 1. The van der Waals surface area contributed by atoms with Crippen LogP contribution in [0, 0.1) is 37.1 Å². The second kappa shape index (κ2) is 7.15. The molecule has 0 bridgehead atoms. The van der Waals surface area contributed by atoms with E-state index in [1.54, 1.807) is 13.0 Å². The van der Waals surface area contributed by atoms with E-state index in [2.05, 4.69) is 5.10 Å². The average Bonchev–Trinajstić information content (AvgIpc) is 2.93. The topological polar surface area (TPSA) is 54.9 Å². The molecule has 30 heavy (non-hydrogen) atoms. The number of rotatable bonds is 3. The minimum Gasteiger partial charge on any atom is -0.294 e. The Morgan fingerprint density at radius 1 is 0.967 bits per heavy atom. The van der Waals surface area contributed by atoms with E-state index in [1.165, 1.54) is 25.1 Å². The fourth-order valence-corrected chi connectivity index (χ4v) is 2.97. The standard InChI is InChI=1S/C19H11F7N2O2/c1-7-4-3-5-9(6-7)17(29)10-8(2)27-28(18(10)30)16-14(22)12(20)11(19(24,25)26)13(21)15(16)23/h3-6,27H,1-2H3. The van der Waals surface area contributed by atoms with Crippen molar-refractivity contribution in [1.82, 2.24) is 9.78 Å². The minimum atomic E-state index is -5.72. The van der Waals surface area contributed by atoms with Crippen LogP contribution in [-0.4, -0.2) is 15.6 Å². The van der Waals surface area contributed by atoms with Crippen molar-refractivity contribution in [3.05, 3.63) is 85.8 Å². The van der Waals surface area contributed by atoms with E-state index in [4.69, 9.17) is 0 Å². The second-order valence-corrected chi connectivity index (χ2v) is 6.43. The molecule has 158 valence electrons. The summed E-state index contributed by atoms with van der Waals surface area (Å²) in [6.45, 7) is 2.84. The zero-order valence-corrected chi connectivity index (χ0v) is 15.2. The van der Waals surface area contributed by atoms with E-state index in [0.29, 0.717) is 5.56 Å². The fourth-order valence-electron chi connectivity index (χ4n) is 2.97. The maximum atomic E-state index is 14.3. The molecule has 0 spiro atoms. The Bertz CT molecular complexity index is 1210. The molecule has 0 saturated heterocycles. The molecular formula is C19H11F7N2O2. The first-order chi connectivity index (χ1) is 13.9. The SMILES string of the molecule is Cc1cccc(C(=O)c2c(C)[nH]n(-c3c(F)c(F)c(C(F)(F)F)c(F)c3F)c2=O)c1. The van der Waals surface area contributed by atoms with Crippen molar-refractivity contribution in [1.29, 1.82) is 0 Å². The molecule has 1 heterocycles. The van der Waals surface area contributed by atoms with Crippen LogP contribution in [0.25, 0.3) is 5.69 Å². The van der Waals surface area contributed by atoms with Gasteiger partial charge in [-0.2, -0.15) is 13.2 Å². The number of halogens is 7. The summed E-state index contributed by atoms with van der Waals surface area (Å²) in [7, 11) is 0. The molecule has 1 aromatic heterocycles. The number of nitrogens with one attached hydrogen (secondary N) is 1. The largest absolute Gasteiger partial charge is 0.422 e. The lowest BCUT2D eigenvalue weighted by atomic mass is 10.0. The number of alkyl halides is 3. The summed E-state index contributed by atoms with van der Waals surface area (Å²) in [5.41, 5.74) is -6.00. The van der Waals surface area contributed by atoms with Gasteiger partial charge in [0.25, 0.3) is 5.56 Å². The summed E-state index contributed by atoms with van der Waals surface area (Å²) in [5.74, 6) is -11.2. The molecule has 0 saturated carbocycles. The number of hydrogen-bond donors (Lipinski definition) is 1. The van der Waals surface area contributed by atoms with Crippen molar-refractivity contribution in [2.24, 2.45) is 0 Å². The highest BCUT2D eigenvalue weighted by Gasteiger charge is 2.43. The van der Waals surface area contributed by atoms with E-state index < -0.39 is 57.6 Å². The second-order valence-electron chi connectivity index (χ2n) is 6.43. The van der Waals surface area contributed by atoms with Crippen LogP contribution in [0.5, 0.6) is 0 Å². The van der Waals surface area contributed by atoms with Gasteiger partial charge in [0.1, 0.15) is 16.8 Å². The molecule has 0 atom stereocenters. The van der Waals surface area contributed by atoms with E-state index in [1.807, 2.05) is 0 Å². The number of carbonyl (C=O) groups excluding carboxylic acids is 1. The average molecular weight is 432 g/mol. The van der Waals surface area contributed by atoms with Gasteiger partial charge in [-0.15, -0.1) is 0 Å². The van der Waals surface area contributed by atoms with Crippen LogP contribution >= 0.6 is 0 Å². The number of hydrogen-bond acceptors (Lipinski definition) is 2. The van der Waals surface area contributed by atoms with Gasteiger partial charge in [-0.25, -0.2) is 22.2 Å². The van der Waals surface area contributed by atoms with Crippen LogP contribution in [0.1, 0.15) is 32.7 Å². The number of aromatic amines is 1. The van der Waals surface area contributed by atoms with Crippen molar-refractivity contribution in [3.63, 3.8) is 0 Å². The first-order valence-electron chi connectivity index (χ1n) is 8.22. The zero-order chi connectivity index (χ0) is 22.5. The van der Waals surface area contributed by atoms with Crippen LogP contribution in [0.2, 0.25) is 0 Å². The molecular weight excluding hydrogens is 421 g/mol. The third-order valence-electron chi connectivity index (χ3n) is 4.33. The molecule has 4 nitrogen and oxygen atoms in total. The maximum absolute atomic E-state index is 14.3. The van der Waals surface area contributed by atoms with Gasteiger partial charge in [0.05, 0.1) is 0 Å². The summed E-state index contributed by atoms with van der Waals surface area (Å²) in [5, 5.41) is 2.08. The van der Waals surface area contributed by atoms with Crippen molar-refractivity contribution >= 4 is 5.78 Å². The lowest BCUT2D eigenvalue weighted by Gasteiger charge is -2.14. The minimum absolute atomic E-state index is 0.0463. The van der Waals surface area contributed by atoms with Crippen LogP contribution in [-0.2, 0) is 6.18 Å². The molecule has 3 aromatic rings. The Labute approximate surface area is 163 Å². The number of H-pyrrole nitrogens is 1. The van der Waals surface area contributed by atoms with Gasteiger partial charge < -0.3 is 0 Å². The predicted molar refractivity (Wildman–Crippen MR) is 90.6 cm³/mol. The smallest absolute Gasteiger partial charge is 0.294 e. The molecule has 1 N–H and O–H groups in total.